The highest BCUT2D eigenvalue weighted by Gasteiger charge is 2.41. The van der Waals surface area contributed by atoms with E-state index in [2.05, 4.69) is 10.4 Å². The number of benzene rings is 1. The number of hydrogen-bond acceptors (Lipinski definition) is 3. The SMILES string of the molecule is CCC(NC(=O)c1cnn2c1CCCC2)(C(=O)O)c1ccccc1. The smallest absolute Gasteiger partial charge is 0.334 e. The van der Waals surface area contributed by atoms with Crippen molar-refractivity contribution < 1.29 is 14.7 Å². The Kier molecular flexibility index (Phi) is 4.38. The second-order valence-corrected chi connectivity index (χ2v) is 6.07. The molecule has 0 spiro atoms. The first-order chi connectivity index (χ1) is 11.6. The maximum Gasteiger partial charge on any atom is 0.334 e. The molecular formula is C18H21N3O3. The molecule has 2 aromatic rings. The van der Waals surface area contributed by atoms with Gasteiger partial charge in [0.25, 0.3) is 5.91 Å². The number of carbonyl (C=O) groups is 2. The van der Waals surface area contributed by atoms with Crippen LogP contribution in [0.15, 0.2) is 36.5 Å². The molecule has 1 aromatic carbocycles. The van der Waals surface area contributed by atoms with Gasteiger partial charge in [0, 0.05) is 6.54 Å². The largest absolute Gasteiger partial charge is 0.479 e. The summed E-state index contributed by atoms with van der Waals surface area (Å²) in [7, 11) is 0. The summed E-state index contributed by atoms with van der Waals surface area (Å²) in [5.74, 6) is -1.45. The number of amides is 1. The highest BCUT2D eigenvalue weighted by molar-refractivity contribution is 5.99. The van der Waals surface area contributed by atoms with Crippen molar-refractivity contribution in [2.75, 3.05) is 0 Å². The highest BCUT2D eigenvalue weighted by atomic mass is 16.4. The van der Waals surface area contributed by atoms with Crippen LogP contribution in [0.5, 0.6) is 0 Å². The number of fused-ring (bicyclic) bond motifs is 1. The molecule has 1 unspecified atom stereocenters. The third-order valence-corrected chi connectivity index (χ3v) is 4.72. The van der Waals surface area contributed by atoms with Gasteiger partial charge in [-0.15, -0.1) is 0 Å². The molecule has 6 heteroatoms. The predicted molar refractivity (Wildman–Crippen MR) is 88.7 cm³/mol. The average molecular weight is 327 g/mol. The lowest BCUT2D eigenvalue weighted by atomic mass is 9.86. The minimum absolute atomic E-state index is 0.252. The molecule has 0 saturated carbocycles. The third kappa shape index (κ3) is 2.68. The number of rotatable bonds is 5. The van der Waals surface area contributed by atoms with Crippen molar-refractivity contribution in [3.8, 4) is 0 Å². The van der Waals surface area contributed by atoms with Crippen LogP contribution in [0.2, 0.25) is 0 Å². The normalized spacial score (nSPS) is 16.0. The maximum absolute atomic E-state index is 12.8. The van der Waals surface area contributed by atoms with Gasteiger partial charge in [-0.05, 0) is 31.2 Å². The van der Waals surface area contributed by atoms with E-state index in [0.717, 1.165) is 31.5 Å². The van der Waals surface area contributed by atoms with Gasteiger partial charge in [0.05, 0.1) is 17.5 Å². The van der Waals surface area contributed by atoms with Crippen molar-refractivity contribution in [3.63, 3.8) is 0 Å². The predicted octanol–water partition coefficient (Wildman–Crippen LogP) is 2.34. The summed E-state index contributed by atoms with van der Waals surface area (Å²) < 4.78 is 1.84. The lowest BCUT2D eigenvalue weighted by molar-refractivity contribution is -0.145. The number of aromatic nitrogens is 2. The van der Waals surface area contributed by atoms with Crippen molar-refractivity contribution in [2.24, 2.45) is 0 Å². The van der Waals surface area contributed by atoms with Gasteiger partial charge < -0.3 is 10.4 Å². The van der Waals surface area contributed by atoms with E-state index < -0.39 is 11.5 Å². The molecule has 2 N–H and O–H groups in total. The Labute approximate surface area is 140 Å². The number of nitrogens with zero attached hydrogens (tertiary/aromatic N) is 2. The van der Waals surface area contributed by atoms with Crippen LogP contribution in [0.25, 0.3) is 0 Å². The van der Waals surface area contributed by atoms with E-state index in [1.54, 1.807) is 37.4 Å². The van der Waals surface area contributed by atoms with Gasteiger partial charge in [0.15, 0.2) is 5.54 Å². The van der Waals surface area contributed by atoms with E-state index in [1.165, 1.54) is 0 Å². The summed E-state index contributed by atoms with van der Waals surface area (Å²) >= 11 is 0. The van der Waals surface area contributed by atoms with Crippen LogP contribution in [-0.4, -0.2) is 26.8 Å². The van der Waals surface area contributed by atoms with Crippen LogP contribution in [0.3, 0.4) is 0 Å². The van der Waals surface area contributed by atoms with Crippen LogP contribution < -0.4 is 5.32 Å². The zero-order chi connectivity index (χ0) is 17.2. The van der Waals surface area contributed by atoms with Crippen LogP contribution >= 0.6 is 0 Å². The fourth-order valence-corrected chi connectivity index (χ4v) is 3.29. The molecule has 1 aliphatic rings. The van der Waals surface area contributed by atoms with E-state index in [1.807, 2.05) is 10.7 Å². The summed E-state index contributed by atoms with van der Waals surface area (Å²) in [5, 5.41) is 16.8. The summed E-state index contributed by atoms with van der Waals surface area (Å²) in [5.41, 5.74) is 0.489. The number of aliphatic carboxylic acids is 1. The number of carboxylic acid groups (broad SMARTS) is 1. The lowest BCUT2D eigenvalue weighted by Gasteiger charge is -2.30. The molecule has 0 fully saturated rings. The van der Waals surface area contributed by atoms with Gasteiger partial charge in [0.2, 0.25) is 0 Å². The van der Waals surface area contributed by atoms with E-state index in [-0.39, 0.29) is 12.3 Å². The van der Waals surface area contributed by atoms with Crippen molar-refractivity contribution in [3.05, 3.63) is 53.3 Å². The number of aryl methyl sites for hydroxylation is 1. The van der Waals surface area contributed by atoms with E-state index in [0.29, 0.717) is 11.1 Å². The maximum atomic E-state index is 12.8. The van der Waals surface area contributed by atoms with Crippen molar-refractivity contribution >= 4 is 11.9 Å². The number of hydrogen-bond donors (Lipinski definition) is 2. The van der Waals surface area contributed by atoms with E-state index in [4.69, 9.17) is 0 Å². The molecule has 24 heavy (non-hydrogen) atoms. The summed E-state index contributed by atoms with van der Waals surface area (Å²) in [4.78, 5) is 24.8. The fraction of sp³-hybridized carbons (Fsp3) is 0.389. The van der Waals surface area contributed by atoms with Gasteiger partial charge in [-0.25, -0.2) is 4.79 Å². The molecule has 126 valence electrons. The fourth-order valence-electron chi connectivity index (χ4n) is 3.29. The first-order valence-corrected chi connectivity index (χ1v) is 8.24. The minimum Gasteiger partial charge on any atom is -0.479 e. The number of nitrogens with one attached hydrogen (secondary N) is 1. The Hall–Kier alpha value is -2.63. The van der Waals surface area contributed by atoms with Gasteiger partial charge in [-0.3, -0.25) is 9.48 Å². The second-order valence-electron chi connectivity index (χ2n) is 6.07. The van der Waals surface area contributed by atoms with E-state index >= 15 is 0 Å². The lowest BCUT2D eigenvalue weighted by Crippen LogP contribution is -2.51. The summed E-state index contributed by atoms with van der Waals surface area (Å²) in [6.45, 7) is 2.56. The Bertz CT molecular complexity index is 754. The zero-order valence-corrected chi connectivity index (χ0v) is 13.7. The van der Waals surface area contributed by atoms with Crippen LogP contribution in [0, 0.1) is 0 Å². The van der Waals surface area contributed by atoms with Gasteiger partial charge >= 0.3 is 5.97 Å². The van der Waals surface area contributed by atoms with Crippen molar-refractivity contribution in [1.29, 1.82) is 0 Å². The number of carboxylic acids is 1. The Morgan fingerprint density at radius 1 is 1.29 bits per heavy atom. The summed E-state index contributed by atoms with van der Waals surface area (Å²) in [6.07, 6.45) is 4.65. The topological polar surface area (TPSA) is 84.2 Å². The monoisotopic (exact) mass is 327 g/mol. The first kappa shape index (κ1) is 16.2. The minimum atomic E-state index is -1.44. The molecule has 0 saturated heterocycles. The zero-order valence-electron chi connectivity index (χ0n) is 13.7. The first-order valence-electron chi connectivity index (χ1n) is 8.24. The summed E-state index contributed by atoms with van der Waals surface area (Å²) in [6, 6.07) is 8.83. The Morgan fingerprint density at radius 3 is 2.71 bits per heavy atom. The molecule has 2 heterocycles. The molecule has 0 bridgehead atoms. The van der Waals surface area contributed by atoms with E-state index in [9.17, 15) is 14.7 Å². The van der Waals surface area contributed by atoms with Gasteiger partial charge in [0.1, 0.15) is 0 Å². The van der Waals surface area contributed by atoms with Gasteiger partial charge in [-0.1, -0.05) is 37.3 Å². The third-order valence-electron chi connectivity index (χ3n) is 4.72. The molecule has 3 rings (SSSR count). The van der Waals surface area contributed by atoms with Crippen LogP contribution in [0.4, 0.5) is 0 Å². The highest BCUT2D eigenvalue weighted by Crippen LogP contribution is 2.27. The molecule has 1 atom stereocenters. The molecular weight excluding hydrogens is 306 g/mol. The van der Waals surface area contributed by atoms with Crippen molar-refractivity contribution in [2.45, 2.75) is 44.7 Å². The van der Waals surface area contributed by atoms with Crippen molar-refractivity contribution in [1.82, 2.24) is 15.1 Å². The molecule has 0 radical (unpaired) electrons. The Morgan fingerprint density at radius 2 is 2.04 bits per heavy atom. The second kappa shape index (κ2) is 6.47. The number of carbonyl (C=O) groups excluding carboxylic acids is 1. The van der Waals surface area contributed by atoms with Crippen LogP contribution in [-0.2, 0) is 23.3 Å². The average Bonchev–Trinajstić information content (AvgIpc) is 3.04. The molecule has 1 aromatic heterocycles. The quantitative estimate of drug-likeness (QED) is 0.883. The molecule has 1 amide bonds. The van der Waals surface area contributed by atoms with Gasteiger partial charge in [-0.2, -0.15) is 5.10 Å². The Balaban J connectivity index is 1.95. The molecule has 1 aliphatic heterocycles. The molecule has 6 nitrogen and oxygen atoms in total. The standard InChI is InChI=1S/C18H21N3O3/c1-2-18(17(23)24,13-8-4-3-5-9-13)20-16(22)14-12-19-21-11-7-6-10-15(14)21/h3-5,8-9,12H,2,6-7,10-11H2,1H3,(H,20,22)(H,23,24). The van der Waals surface area contributed by atoms with Crippen LogP contribution in [0.1, 0.15) is 47.8 Å². The molecule has 0 aliphatic carbocycles.